The first-order valence-electron chi connectivity index (χ1n) is 6.67. The van der Waals surface area contributed by atoms with Crippen LogP contribution in [-0.2, 0) is 0 Å². The van der Waals surface area contributed by atoms with E-state index in [2.05, 4.69) is 44.0 Å². The monoisotopic (exact) mass is 224 g/mol. The maximum absolute atomic E-state index is 3.67. The van der Waals surface area contributed by atoms with Crippen molar-refractivity contribution in [2.24, 2.45) is 5.92 Å². The summed E-state index contributed by atoms with van der Waals surface area (Å²) in [5.74, 6) is 0.793. The predicted molar refractivity (Wildman–Crippen MR) is 71.7 cm³/mol. The molecule has 16 heavy (non-hydrogen) atoms. The van der Waals surface area contributed by atoms with Crippen molar-refractivity contribution in [3.63, 3.8) is 0 Å². The van der Waals surface area contributed by atoms with Gasteiger partial charge in [0.15, 0.2) is 0 Å². The number of allylic oxidation sites excluding steroid dienone is 1. The average molecular weight is 224 g/mol. The Balaban J connectivity index is 2.42. The van der Waals surface area contributed by atoms with Gasteiger partial charge in [-0.3, -0.25) is 4.90 Å². The second kappa shape index (κ2) is 7.08. The smallest absolute Gasteiger partial charge is 0.0197 e. The number of rotatable bonds is 4. The van der Waals surface area contributed by atoms with Crippen molar-refractivity contribution in [3.8, 4) is 0 Å². The van der Waals surface area contributed by atoms with Crippen molar-refractivity contribution in [2.45, 2.75) is 46.6 Å². The van der Waals surface area contributed by atoms with Gasteiger partial charge in [-0.2, -0.15) is 0 Å². The molecule has 1 heterocycles. The van der Waals surface area contributed by atoms with Crippen LogP contribution in [0.25, 0.3) is 0 Å². The fourth-order valence-corrected chi connectivity index (χ4v) is 2.28. The maximum atomic E-state index is 3.67. The minimum atomic E-state index is 0.688. The summed E-state index contributed by atoms with van der Waals surface area (Å²) in [6.07, 6.45) is 4.92. The first kappa shape index (κ1) is 13.7. The maximum Gasteiger partial charge on any atom is 0.0197 e. The van der Waals surface area contributed by atoms with Crippen LogP contribution in [-0.4, -0.2) is 37.1 Å². The van der Waals surface area contributed by atoms with Crippen LogP contribution in [0.3, 0.4) is 0 Å². The lowest BCUT2D eigenvalue weighted by molar-refractivity contribution is 0.278. The zero-order chi connectivity index (χ0) is 12.0. The molecule has 0 aromatic carbocycles. The molecule has 94 valence electrons. The van der Waals surface area contributed by atoms with Crippen LogP contribution in [0.2, 0.25) is 0 Å². The molecule has 0 aliphatic carbocycles. The molecular weight excluding hydrogens is 196 g/mol. The fourth-order valence-electron chi connectivity index (χ4n) is 2.28. The van der Waals surface area contributed by atoms with Crippen LogP contribution in [0.1, 0.15) is 40.5 Å². The van der Waals surface area contributed by atoms with Crippen molar-refractivity contribution in [2.75, 3.05) is 26.2 Å². The molecule has 2 heteroatoms. The van der Waals surface area contributed by atoms with E-state index < -0.39 is 0 Å². The van der Waals surface area contributed by atoms with E-state index >= 15 is 0 Å². The normalized spacial score (nSPS) is 23.2. The molecule has 1 fully saturated rings. The van der Waals surface area contributed by atoms with Gasteiger partial charge in [-0.1, -0.05) is 25.5 Å². The molecule has 1 N–H and O–H groups in total. The van der Waals surface area contributed by atoms with E-state index in [-0.39, 0.29) is 0 Å². The Hall–Kier alpha value is -0.340. The molecule has 0 aromatic rings. The third-order valence-electron chi connectivity index (χ3n) is 3.08. The molecule has 1 unspecified atom stereocenters. The standard InChI is InChI=1S/C14H28N2/c1-12(2)6-9-16-8-5-7-15-14(11-16)10-13(3)4/h6,13-15H,5,7-11H2,1-4H3. The molecule has 0 aromatic heterocycles. The van der Waals surface area contributed by atoms with E-state index in [9.17, 15) is 0 Å². The topological polar surface area (TPSA) is 15.3 Å². The Morgan fingerprint density at radius 2 is 2.19 bits per heavy atom. The van der Waals surface area contributed by atoms with Crippen LogP contribution < -0.4 is 5.32 Å². The van der Waals surface area contributed by atoms with Crippen LogP contribution >= 0.6 is 0 Å². The summed E-state index contributed by atoms with van der Waals surface area (Å²) in [6, 6.07) is 0.688. The van der Waals surface area contributed by atoms with E-state index in [1.807, 2.05) is 0 Å². The highest BCUT2D eigenvalue weighted by Crippen LogP contribution is 2.10. The van der Waals surface area contributed by atoms with Crippen molar-refractivity contribution in [1.29, 1.82) is 0 Å². The molecule has 1 rings (SSSR count). The number of nitrogens with one attached hydrogen (secondary N) is 1. The van der Waals surface area contributed by atoms with Crippen molar-refractivity contribution < 1.29 is 0 Å². The first-order valence-corrected chi connectivity index (χ1v) is 6.67. The van der Waals surface area contributed by atoms with E-state index in [1.54, 1.807) is 0 Å². The molecule has 2 nitrogen and oxygen atoms in total. The summed E-state index contributed by atoms with van der Waals surface area (Å²) in [5, 5.41) is 3.67. The zero-order valence-electron chi connectivity index (χ0n) is 11.4. The molecule has 0 bridgehead atoms. The summed E-state index contributed by atoms with van der Waals surface area (Å²) in [5.41, 5.74) is 1.43. The van der Waals surface area contributed by atoms with Crippen LogP contribution in [0.5, 0.6) is 0 Å². The second-order valence-electron chi connectivity index (χ2n) is 5.68. The molecule has 0 spiro atoms. The molecular formula is C14H28N2. The quantitative estimate of drug-likeness (QED) is 0.739. The lowest BCUT2D eigenvalue weighted by atomic mass is 10.0. The number of nitrogens with zero attached hydrogens (tertiary/aromatic N) is 1. The molecule has 1 saturated heterocycles. The molecule has 1 aliphatic heterocycles. The molecule has 1 aliphatic rings. The zero-order valence-corrected chi connectivity index (χ0v) is 11.4. The second-order valence-corrected chi connectivity index (χ2v) is 5.68. The van der Waals surface area contributed by atoms with Gasteiger partial charge in [0.25, 0.3) is 0 Å². The Labute approximate surface area is 101 Å². The van der Waals surface area contributed by atoms with Crippen molar-refractivity contribution >= 4 is 0 Å². The largest absolute Gasteiger partial charge is 0.313 e. The highest BCUT2D eigenvalue weighted by atomic mass is 15.2. The Morgan fingerprint density at radius 3 is 2.81 bits per heavy atom. The van der Waals surface area contributed by atoms with E-state index in [4.69, 9.17) is 0 Å². The average Bonchev–Trinajstić information content (AvgIpc) is 2.39. The third kappa shape index (κ3) is 5.66. The molecule has 1 atom stereocenters. The Morgan fingerprint density at radius 1 is 1.44 bits per heavy atom. The SMILES string of the molecule is CC(C)=CCN1CCCNC(CC(C)C)C1. The minimum Gasteiger partial charge on any atom is -0.313 e. The van der Waals surface area contributed by atoms with Gasteiger partial charge in [0.2, 0.25) is 0 Å². The van der Waals surface area contributed by atoms with Gasteiger partial charge < -0.3 is 5.32 Å². The van der Waals surface area contributed by atoms with Gasteiger partial charge in [-0.15, -0.1) is 0 Å². The molecule has 0 saturated carbocycles. The summed E-state index contributed by atoms with van der Waals surface area (Å²) >= 11 is 0. The van der Waals surface area contributed by atoms with Crippen LogP contribution in [0.4, 0.5) is 0 Å². The summed E-state index contributed by atoms with van der Waals surface area (Å²) in [6.45, 7) is 13.7. The van der Waals surface area contributed by atoms with Gasteiger partial charge in [0, 0.05) is 19.1 Å². The molecule has 0 amide bonds. The van der Waals surface area contributed by atoms with E-state index in [1.165, 1.54) is 38.0 Å². The van der Waals surface area contributed by atoms with E-state index in [0.717, 1.165) is 12.5 Å². The molecule has 0 radical (unpaired) electrons. The van der Waals surface area contributed by atoms with E-state index in [0.29, 0.717) is 6.04 Å². The Bertz CT molecular complexity index is 217. The van der Waals surface area contributed by atoms with Crippen LogP contribution in [0.15, 0.2) is 11.6 Å². The summed E-state index contributed by atoms with van der Waals surface area (Å²) in [4.78, 5) is 2.58. The fraction of sp³-hybridized carbons (Fsp3) is 0.857. The van der Waals surface area contributed by atoms with Gasteiger partial charge in [-0.05, 0) is 45.7 Å². The number of hydrogen-bond acceptors (Lipinski definition) is 2. The number of hydrogen-bond donors (Lipinski definition) is 1. The van der Waals surface area contributed by atoms with Gasteiger partial charge >= 0.3 is 0 Å². The summed E-state index contributed by atoms with van der Waals surface area (Å²) in [7, 11) is 0. The van der Waals surface area contributed by atoms with Crippen molar-refractivity contribution in [1.82, 2.24) is 10.2 Å². The van der Waals surface area contributed by atoms with Gasteiger partial charge in [-0.25, -0.2) is 0 Å². The predicted octanol–water partition coefficient (Wildman–Crippen LogP) is 2.66. The lowest BCUT2D eigenvalue weighted by Crippen LogP contribution is -2.38. The first-order chi connectivity index (χ1) is 7.58. The Kier molecular flexibility index (Phi) is 6.07. The van der Waals surface area contributed by atoms with Crippen LogP contribution in [0, 0.1) is 5.92 Å². The minimum absolute atomic E-state index is 0.688. The highest BCUT2D eigenvalue weighted by molar-refractivity contribution is 4.95. The van der Waals surface area contributed by atoms with Crippen molar-refractivity contribution in [3.05, 3.63) is 11.6 Å². The highest BCUT2D eigenvalue weighted by Gasteiger charge is 2.17. The third-order valence-corrected chi connectivity index (χ3v) is 3.08. The lowest BCUT2D eigenvalue weighted by Gasteiger charge is -2.24. The van der Waals surface area contributed by atoms with Gasteiger partial charge in [0.1, 0.15) is 0 Å². The summed E-state index contributed by atoms with van der Waals surface area (Å²) < 4.78 is 0. The van der Waals surface area contributed by atoms with Gasteiger partial charge in [0.05, 0.1) is 0 Å².